The van der Waals surface area contributed by atoms with Crippen molar-refractivity contribution in [2.45, 2.75) is 20.0 Å². The number of ether oxygens (including phenoxy) is 2. The molecule has 2 aromatic carbocycles. The van der Waals surface area contributed by atoms with E-state index in [-0.39, 0.29) is 24.7 Å². The summed E-state index contributed by atoms with van der Waals surface area (Å²) in [4.78, 5) is 10.8. The Morgan fingerprint density at radius 3 is 2.40 bits per heavy atom. The molecule has 0 bridgehead atoms. The standard InChI is InChI=1S/C17H18O7S/c1-13(18)22-10-9-14-7-8-16(17(11-14)24-25(19,20)21)23-12-15-5-3-2-4-6-15/h2-8,11H,9-10,12H2,1H3,(H,19,20,21). The SMILES string of the molecule is CC(=O)OCCc1ccc(OCc2ccccc2)c(OS(=O)(=O)O)c1. The normalized spacial score (nSPS) is 11.0. The molecule has 0 amide bonds. The van der Waals surface area contributed by atoms with Gasteiger partial charge in [-0.2, -0.15) is 8.42 Å². The highest BCUT2D eigenvalue weighted by Gasteiger charge is 2.14. The molecule has 0 radical (unpaired) electrons. The molecule has 2 rings (SSSR count). The minimum atomic E-state index is -4.70. The first-order valence-electron chi connectivity index (χ1n) is 7.43. The number of esters is 1. The molecule has 0 unspecified atom stereocenters. The van der Waals surface area contributed by atoms with Gasteiger partial charge in [0.05, 0.1) is 6.61 Å². The molecular formula is C17H18O7S. The summed E-state index contributed by atoms with van der Waals surface area (Å²) in [5.74, 6) is -0.381. The third kappa shape index (κ3) is 6.82. The largest absolute Gasteiger partial charge is 0.485 e. The van der Waals surface area contributed by atoms with Crippen LogP contribution >= 0.6 is 0 Å². The fourth-order valence-corrected chi connectivity index (χ4v) is 2.41. The van der Waals surface area contributed by atoms with Gasteiger partial charge >= 0.3 is 16.4 Å². The lowest BCUT2D eigenvalue weighted by Gasteiger charge is -2.12. The van der Waals surface area contributed by atoms with Crippen molar-refractivity contribution in [2.24, 2.45) is 0 Å². The Bertz CT molecular complexity index is 816. The molecule has 0 aliphatic carbocycles. The Labute approximate surface area is 146 Å². The predicted octanol–water partition coefficient (Wildman–Crippen LogP) is 2.55. The predicted molar refractivity (Wildman–Crippen MR) is 89.7 cm³/mol. The molecule has 0 aliphatic rings. The van der Waals surface area contributed by atoms with Crippen LogP contribution in [0, 0.1) is 0 Å². The van der Waals surface area contributed by atoms with Crippen molar-refractivity contribution in [3.8, 4) is 11.5 Å². The summed E-state index contributed by atoms with van der Waals surface area (Å²) in [6.45, 7) is 1.65. The van der Waals surface area contributed by atoms with Crippen LogP contribution in [0.4, 0.5) is 0 Å². The number of hydrogen-bond acceptors (Lipinski definition) is 6. The summed E-state index contributed by atoms with van der Waals surface area (Å²) < 4.78 is 46.1. The summed E-state index contributed by atoms with van der Waals surface area (Å²) in [5.41, 5.74) is 1.55. The molecular weight excluding hydrogens is 348 g/mol. The van der Waals surface area contributed by atoms with Crippen molar-refractivity contribution in [3.05, 3.63) is 59.7 Å². The molecule has 0 aromatic heterocycles. The monoisotopic (exact) mass is 366 g/mol. The van der Waals surface area contributed by atoms with Crippen molar-refractivity contribution in [2.75, 3.05) is 6.61 Å². The van der Waals surface area contributed by atoms with Gasteiger partial charge < -0.3 is 13.7 Å². The zero-order chi connectivity index (χ0) is 18.3. The molecule has 134 valence electrons. The Hall–Kier alpha value is -2.58. The van der Waals surface area contributed by atoms with Crippen molar-refractivity contribution >= 4 is 16.4 Å². The van der Waals surface area contributed by atoms with Crippen LogP contribution in [0.5, 0.6) is 11.5 Å². The van der Waals surface area contributed by atoms with Crippen LogP contribution in [-0.2, 0) is 33.0 Å². The van der Waals surface area contributed by atoms with Crippen molar-refractivity contribution in [3.63, 3.8) is 0 Å². The quantitative estimate of drug-likeness (QED) is 0.566. The molecule has 2 aromatic rings. The molecule has 7 nitrogen and oxygen atoms in total. The Morgan fingerprint density at radius 1 is 1.04 bits per heavy atom. The van der Waals surface area contributed by atoms with E-state index >= 15 is 0 Å². The minimum Gasteiger partial charge on any atom is -0.485 e. The average Bonchev–Trinajstić information content (AvgIpc) is 2.53. The molecule has 25 heavy (non-hydrogen) atoms. The van der Waals surface area contributed by atoms with E-state index in [1.54, 1.807) is 6.07 Å². The maximum Gasteiger partial charge on any atom is 0.446 e. The molecule has 1 N–H and O–H groups in total. The lowest BCUT2D eigenvalue weighted by atomic mass is 10.1. The molecule has 0 spiro atoms. The summed E-state index contributed by atoms with van der Waals surface area (Å²) in [7, 11) is -4.70. The van der Waals surface area contributed by atoms with Crippen LogP contribution in [0.2, 0.25) is 0 Å². The van der Waals surface area contributed by atoms with Crippen LogP contribution < -0.4 is 8.92 Å². The maximum absolute atomic E-state index is 11.1. The molecule has 0 saturated heterocycles. The zero-order valence-corrected chi connectivity index (χ0v) is 14.4. The maximum atomic E-state index is 11.1. The average molecular weight is 366 g/mol. The molecule has 8 heteroatoms. The number of carbonyl (C=O) groups excluding carboxylic acids is 1. The number of carbonyl (C=O) groups is 1. The molecule has 0 heterocycles. The third-order valence-corrected chi connectivity index (χ3v) is 3.53. The smallest absolute Gasteiger partial charge is 0.446 e. The number of rotatable bonds is 8. The summed E-state index contributed by atoms with van der Waals surface area (Å²) in [5, 5.41) is 0. The highest BCUT2D eigenvalue weighted by atomic mass is 32.3. The first-order chi connectivity index (χ1) is 11.8. The molecule has 0 atom stereocenters. The summed E-state index contributed by atoms with van der Waals surface area (Å²) >= 11 is 0. The van der Waals surface area contributed by atoms with E-state index in [1.165, 1.54) is 19.1 Å². The van der Waals surface area contributed by atoms with E-state index in [0.29, 0.717) is 12.0 Å². The van der Waals surface area contributed by atoms with Gasteiger partial charge in [-0.05, 0) is 23.3 Å². The highest BCUT2D eigenvalue weighted by molar-refractivity contribution is 7.81. The van der Waals surface area contributed by atoms with Gasteiger partial charge in [-0.1, -0.05) is 36.4 Å². The van der Waals surface area contributed by atoms with Gasteiger partial charge in [-0.15, -0.1) is 0 Å². The second-order valence-electron chi connectivity index (χ2n) is 5.16. The van der Waals surface area contributed by atoms with Gasteiger partial charge in [0.15, 0.2) is 11.5 Å². The second-order valence-corrected chi connectivity index (χ2v) is 6.18. The van der Waals surface area contributed by atoms with Gasteiger partial charge in [0.1, 0.15) is 6.61 Å². The van der Waals surface area contributed by atoms with E-state index in [9.17, 15) is 13.2 Å². The van der Waals surface area contributed by atoms with E-state index < -0.39 is 16.4 Å². The lowest BCUT2D eigenvalue weighted by Crippen LogP contribution is -2.09. The van der Waals surface area contributed by atoms with Crippen molar-refractivity contribution in [1.82, 2.24) is 0 Å². The van der Waals surface area contributed by atoms with Gasteiger partial charge in [0.2, 0.25) is 0 Å². The number of hydrogen-bond donors (Lipinski definition) is 1. The molecule has 0 aliphatic heterocycles. The summed E-state index contributed by atoms with van der Waals surface area (Å²) in [6, 6.07) is 13.9. The van der Waals surface area contributed by atoms with E-state index in [1.807, 2.05) is 30.3 Å². The molecule has 0 saturated carbocycles. The highest BCUT2D eigenvalue weighted by Crippen LogP contribution is 2.30. The van der Waals surface area contributed by atoms with Crippen molar-refractivity contribution in [1.29, 1.82) is 0 Å². The zero-order valence-electron chi connectivity index (χ0n) is 13.5. The Morgan fingerprint density at radius 2 is 1.76 bits per heavy atom. The first kappa shape index (κ1) is 18.8. The Kier molecular flexibility index (Phi) is 6.37. The van der Waals surface area contributed by atoms with E-state index in [2.05, 4.69) is 4.18 Å². The topological polar surface area (TPSA) is 99.1 Å². The van der Waals surface area contributed by atoms with Crippen molar-refractivity contribution < 1.29 is 31.4 Å². The van der Waals surface area contributed by atoms with Crippen LogP contribution in [0.1, 0.15) is 18.1 Å². The second kappa shape index (κ2) is 8.50. The summed E-state index contributed by atoms with van der Waals surface area (Å²) in [6.07, 6.45) is 0.361. The van der Waals surface area contributed by atoms with E-state index in [4.69, 9.17) is 14.0 Å². The van der Waals surface area contributed by atoms with Crippen LogP contribution in [0.25, 0.3) is 0 Å². The van der Waals surface area contributed by atoms with Gasteiger partial charge in [-0.25, -0.2) is 0 Å². The Balaban J connectivity index is 2.14. The van der Waals surface area contributed by atoms with Crippen LogP contribution in [0.3, 0.4) is 0 Å². The fraction of sp³-hybridized carbons (Fsp3) is 0.235. The fourth-order valence-electron chi connectivity index (χ4n) is 2.05. The van der Waals surface area contributed by atoms with Crippen LogP contribution in [0.15, 0.2) is 48.5 Å². The molecule has 0 fully saturated rings. The lowest BCUT2D eigenvalue weighted by molar-refractivity contribution is -0.140. The minimum absolute atomic E-state index is 0.140. The van der Waals surface area contributed by atoms with Gasteiger partial charge in [0.25, 0.3) is 0 Å². The van der Waals surface area contributed by atoms with Gasteiger partial charge in [0, 0.05) is 13.3 Å². The van der Waals surface area contributed by atoms with Crippen LogP contribution in [-0.4, -0.2) is 25.5 Å². The van der Waals surface area contributed by atoms with Gasteiger partial charge in [-0.3, -0.25) is 9.35 Å². The van der Waals surface area contributed by atoms with E-state index in [0.717, 1.165) is 5.56 Å². The third-order valence-electron chi connectivity index (χ3n) is 3.14. The number of benzene rings is 2. The first-order valence-corrected chi connectivity index (χ1v) is 8.80.